The van der Waals surface area contributed by atoms with Gasteiger partial charge in [0.25, 0.3) is 0 Å². The molecule has 3 aromatic carbocycles. The van der Waals surface area contributed by atoms with Crippen molar-refractivity contribution in [2.24, 2.45) is 0 Å². The molecule has 0 spiro atoms. The Morgan fingerprint density at radius 2 is 1.36 bits per heavy atom. The van der Waals surface area contributed by atoms with E-state index < -0.39 is 0 Å². The fourth-order valence-corrected chi connectivity index (χ4v) is 3.64. The lowest BCUT2D eigenvalue weighted by Crippen LogP contribution is -2.06. The molecule has 0 saturated heterocycles. The minimum atomic E-state index is -0.182. The smallest absolute Gasteiger partial charge is 0.306 e. The van der Waals surface area contributed by atoms with Crippen molar-refractivity contribution >= 4 is 5.97 Å². The van der Waals surface area contributed by atoms with E-state index in [4.69, 9.17) is 18.9 Å². The molecule has 1 atom stereocenters. The average Bonchev–Trinajstić information content (AvgIpc) is 2.86. The van der Waals surface area contributed by atoms with E-state index in [9.17, 15) is 4.79 Å². The molecule has 0 heterocycles. The van der Waals surface area contributed by atoms with Gasteiger partial charge in [-0.2, -0.15) is 0 Å². The SMILES string of the molecule is COc1cc(OCc2ccccc2)c(C(C)CCCC(=O)OCc2ccccc2)cc1OC. The molecule has 33 heavy (non-hydrogen) atoms. The molecule has 0 bridgehead atoms. The van der Waals surface area contributed by atoms with Gasteiger partial charge in [0, 0.05) is 18.1 Å². The van der Waals surface area contributed by atoms with Gasteiger partial charge >= 0.3 is 5.97 Å². The van der Waals surface area contributed by atoms with Crippen LogP contribution in [0.5, 0.6) is 17.2 Å². The fourth-order valence-electron chi connectivity index (χ4n) is 3.64. The van der Waals surface area contributed by atoms with Crippen molar-refractivity contribution in [1.82, 2.24) is 0 Å². The Kier molecular flexibility index (Phi) is 9.19. The molecule has 0 fully saturated rings. The lowest BCUT2D eigenvalue weighted by Gasteiger charge is -2.20. The second kappa shape index (κ2) is 12.5. The van der Waals surface area contributed by atoms with E-state index in [1.54, 1.807) is 14.2 Å². The Hall–Kier alpha value is -3.47. The van der Waals surface area contributed by atoms with Crippen LogP contribution in [0.4, 0.5) is 0 Å². The number of methoxy groups -OCH3 is 2. The first kappa shape index (κ1) is 24.2. The molecular weight excluding hydrogens is 416 g/mol. The van der Waals surface area contributed by atoms with Crippen LogP contribution in [0.2, 0.25) is 0 Å². The molecular formula is C28H32O5. The maximum absolute atomic E-state index is 12.2. The largest absolute Gasteiger partial charge is 0.493 e. The van der Waals surface area contributed by atoms with Crippen molar-refractivity contribution < 1.29 is 23.7 Å². The Balaban J connectivity index is 1.61. The molecule has 5 heteroatoms. The van der Waals surface area contributed by atoms with Gasteiger partial charge in [-0.05, 0) is 36.0 Å². The predicted octanol–water partition coefficient (Wildman–Crippen LogP) is 6.30. The Labute approximate surface area is 196 Å². The standard InChI is InChI=1S/C28H32O5/c1-21(11-10-16-28(29)33-20-23-14-8-5-9-15-23)24-17-26(30-2)27(31-3)18-25(24)32-19-22-12-6-4-7-13-22/h4-9,12-15,17-18,21H,10-11,16,19-20H2,1-3H3. The lowest BCUT2D eigenvalue weighted by atomic mass is 9.94. The Morgan fingerprint density at radius 3 is 1.97 bits per heavy atom. The van der Waals surface area contributed by atoms with Gasteiger partial charge in [-0.25, -0.2) is 0 Å². The number of carbonyl (C=O) groups excluding carboxylic acids is 1. The monoisotopic (exact) mass is 448 g/mol. The highest BCUT2D eigenvalue weighted by Gasteiger charge is 2.18. The normalized spacial score (nSPS) is 11.5. The topological polar surface area (TPSA) is 54.0 Å². The molecule has 0 N–H and O–H groups in total. The van der Waals surface area contributed by atoms with Gasteiger partial charge in [0.1, 0.15) is 19.0 Å². The van der Waals surface area contributed by atoms with Gasteiger partial charge < -0.3 is 18.9 Å². The van der Waals surface area contributed by atoms with Crippen LogP contribution in [0.1, 0.15) is 48.8 Å². The van der Waals surface area contributed by atoms with Crippen molar-refractivity contribution in [3.63, 3.8) is 0 Å². The average molecular weight is 449 g/mol. The summed E-state index contributed by atoms with van der Waals surface area (Å²) in [5.41, 5.74) is 3.11. The molecule has 3 aromatic rings. The second-order valence-electron chi connectivity index (χ2n) is 7.96. The molecule has 0 saturated carbocycles. The molecule has 0 aromatic heterocycles. The molecule has 174 valence electrons. The van der Waals surface area contributed by atoms with Crippen LogP contribution in [0.3, 0.4) is 0 Å². The van der Waals surface area contributed by atoms with E-state index in [1.165, 1.54) is 0 Å². The van der Waals surface area contributed by atoms with Crippen LogP contribution in [0.15, 0.2) is 72.8 Å². The molecule has 0 aliphatic rings. The highest BCUT2D eigenvalue weighted by molar-refractivity contribution is 5.69. The predicted molar refractivity (Wildman–Crippen MR) is 129 cm³/mol. The van der Waals surface area contributed by atoms with Crippen molar-refractivity contribution in [2.45, 2.75) is 45.3 Å². The molecule has 0 aliphatic heterocycles. The van der Waals surface area contributed by atoms with E-state index in [2.05, 4.69) is 6.92 Å². The summed E-state index contributed by atoms with van der Waals surface area (Å²) in [5.74, 6) is 2.03. The molecule has 5 nitrogen and oxygen atoms in total. The van der Waals surface area contributed by atoms with Gasteiger partial charge in [-0.3, -0.25) is 4.79 Å². The zero-order valence-corrected chi connectivity index (χ0v) is 19.6. The molecule has 0 radical (unpaired) electrons. The number of esters is 1. The van der Waals surface area contributed by atoms with Crippen LogP contribution < -0.4 is 14.2 Å². The van der Waals surface area contributed by atoms with E-state index >= 15 is 0 Å². The van der Waals surface area contributed by atoms with Crippen LogP contribution in [-0.4, -0.2) is 20.2 Å². The Morgan fingerprint density at radius 1 is 0.788 bits per heavy atom. The quantitative estimate of drug-likeness (QED) is 0.304. The first-order chi connectivity index (χ1) is 16.1. The summed E-state index contributed by atoms with van der Waals surface area (Å²) in [6, 6.07) is 23.6. The van der Waals surface area contributed by atoms with Gasteiger partial charge in [-0.1, -0.05) is 67.6 Å². The summed E-state index contributed by atoms with van der Waals surface area (Å²) < 4.78 is 22.5. The van der Waals surface area contributed by atoms with Crippen molar-refractivity contribution in [3.8, 4) is 17.2 Å². The summed E-state index contributed by atoms with van der Waals surface area (Å²) in [4.78, 5) is 12.2. The number of carbonyl (C=O) groups is 1. The van der Waals surface area contributed by atoms with Crippen molar-refractivity contribution in [2.75, 3.05) is 14.2 Å². The first-order valence-electron chi connectivity index (χ1n) is 11.2. The molecule has 0 aliphatic carbocycles. The van der Waals surface area contributed by atoms with Crippen molar-refractivity contribution in [3.05, 3.63) is 89.5 Å². The van der Waals surface area contributed by atoms with E-state index in [0.29, 0.717) is 31.1 Å². The second-order valence-corrected chi connectivity index (χ2v) is 7.96. The van der Waals surface area contributed by atoms with Gasteiger partial charge in [0.05, 0.1) is 14.2 Å². The van der Waals surface area contributed by atoms with Gasteiger partial charge in [-0.15, -0.1) is 0 Å². The summed E-state index contributed by atoms with van der Waals surface area (Å²) in [7, 11) is 3.24. The number of hydrogen-bond donors (Lipinski definition) is 0. The number of ether oxygens (including phenoxy) is 4. The Bertz CT molecular complexity index is 1000. The van der Waals surface area contributed by atoms with Gasteiger partial charge in [0.2, 0.25) is 0 Å². The summed E-state index contributed by atoms with van der Waals surface area (Å²) >= 11 is 0. The highest BCUT2D eigenvalue weighted by atomic mass is 16.5. The summed E-state index contributed by atoms with van der Waals surface area (Å²) in [6.45, 7) is 2.90. The van der Waals surface area contributed by atoms with Crippen LogP contribution >= 0.6 is 0 Å². The maximum atomic E-state index is 12.2. The molecule has 0 amide bonds. The zero-order valence-electron chi connectivity index (χ0n) is 19.6. The number of hydrogen-bond acceptors (Lipinski definition) is 5. The third-order valence-electron chi connectivity index (χ3n) is 5.54. The fraction of sp³-hybridized carbons (Fsp3) is 0.321. The first-order valence-corrected chi connectivity index (χ1v) is 11.2. The minimum absolute atomic E-state index is 0.164. The third kappa shape index (κ3) is 7.28. The minimum Gasteiger partial charge on any atom is -0.493 e. The van der Waals surface area contributed by atoms with Crippen molar-refractivity contribution in [1.29, 1.82) is 0 Å². The lowest BCUT2D eigenvalue weighted by molar-refractivity contribution is -0.145. The molecule has 1 unspecified atom stereocenters. The zero-order chi connectivity index (χ0) is 23.5. The maximum Gasteiger partial charge on any atom is 0.306 e. The van der Waals surface area contributed by atoms with E-state index in [1.807, 2.05) is 72.8 Å². The molecule has 3 rings (SSSR count). The van der Waals surface area contributed by atoms with E-state index in [0.717, 1.165) is 35.3 Å². The highest BCUT2D eigenvalue weighted by Crippen LogP contribution is 2.40. The van der Waals surface area contributed by atoms with Crippen LogP contribution in [0, 0.1) is 0 Å². The number of rotatable bonds is 12. The summed E-state index contributed by atoms with van der Waals surface area (Å²) in [5, 5.41) is 0. The summed E-state index contributed by atoms with van der Waals surface area (Å²) in [6.07, 6.45) is 1.92. The van der Waals surface area contributed by atoms with Crippen LogP contribution in [0.25, 0.3) is 0 Å². The van der Waals surface area contributed by atoms with Gasteiger partial charge in [0.15, 0.2) is 11.5 Å². The van der Waals surface area contributed by atoms with Crippen LogP contribution in [-0.2, 0) is 22.7 Å². The van der Waals surface area contributed by atoms with E-state index in [-0.39, 0.29) is 11.9 Å². The number of benzene rings is 3. The third-order valence-corrected chi connectivity index (χ3v) is 5.54.